The van der Waals surface area contributed by atoms with Gasteiger partial charge >= 0.3 is 0 Å². The quantitative estimate of drug-likeness (QED) is 0.813. The zero-order chi connectivity index (χ0) is 18.5. The van der Waals surface area contributed by atoms with Crippen molar-refractivity contribution in [1.29, 1.82) is 0 Å². The summed E-state index contributed by atoms with van der Waals surface area (Å²) in [7, 11) is 0. The van der Waals surface area contributed by atoms with Crippen molar-refractivity contribution >= 4 is 11.8 Å². The Kier molecular flexibility index (Phi) is 6.14. The van der Waals surface area contributed by atoms with Crippen LogP contribution in [0.2, 0.25) is 0 Å². The van der Waals surface area contributed by atoms with Gasteiger partial charge in [-0.2, -0.15) is 0 Å². The first-order chi connectivity index (χ1) is 12.6. The predicted molar refractivity (Wildman–Crippen MR) is 99.6 cm³/mol. The first kappa shape index (κ1) is 18.7. The van der Waals surface area contributed by atoms with Crippen molar-refractivity contribution < 1.29 is 14.7 Å². The molecule has 0 aliphatic carbocycles. The zero-order valence-electron chi connectivity index (χ0n) is 15.5. The molecule has 3 rings (SSSR count). The number of nitrogens with one attached hydrogen (secondary N) is 1. The molecule has 142 valence electrons. The van der Waals surface area contributed by atoms with Crippen LogP contribution in [0.25, 0.3) is 0 Å². The molecule has 2 aliphatic heterocycles. The standard InChI is InChI=1S/C20H29N3O3/c1-2-22-12-4-5-16(22)14-23(13-15-8-10-17(24)11-9-15)20(26)18-6-3-7-19(25)21-18/h8-11,16,18,24H,2-7,12-14H2,1H3,(H,21,25)/t16?,18-/m1/s1. The van der Waals surface area contributed by atoms with E-state index in [1.54, 1.807) is 12.1 Å². The summed E-state index contributed by atoms with van der Waals surface area (Å²) < 4.78 is 0. The van der Waals surface area contributed by atoms with Crippen molar-refractivity contribution in [1.82, 2.24) is 15.1 Å². The minimum atomic E-state index is -0.412. The number of hydrogen-bond donors (Lipinski definition) is 2. The number of rotatable bonds is 6. The molecule has 0 radical (unpaired) electrons. The first-order valence-electron chi connectivity index (χ1n) is 9.67. The number of carbonyl (C=O) groups is 2. The number of phenols is 1. The van der Waals surface area contributed by atoms with Crippen LogP contribution in [0.4, 0.5) is 0 Å². The molecule has 2 fully saturated rings. The average Bonchev–Trinajstić information content (AvgIpc) is 3.09. The molecule has 0 bridgehead atoms. The van der Waals surface area contributed by atoms with Crippen LogP contribution in [-0.4, -0.2) is 58.4 Å². The van der Waals surface area contributed by atoms with Gasteiger partial charge in [0.05, 0.1) is 0 Å². The third kappa shape index (κ3) is 4.55. The Morgan fingerprint density at radius 2 is 2.04 bits per heavy atom. The molecule has 6 heteroatoms. The van der Waals surface area contributed by atoms with Crippen molar-refractivity contribution in [2.75, 3.05) is 19.6 Å². The van der Waals surface area contributed by atoms with Gasteiger partial charge in [-0.3, -0.25) is 14.5 Å². The van der Waals surface area contributed by atoms with Crippen LogP contribution in [0.1, 0.15) is 44.6 Å². The second-order valence-corrected chi connectivity index (χ2v) is 7.32. The summed E-state index contributed by atoms with van der Waals surface area (Å²) in [5.41, 5.74) is 0.985. The number of benzene rings is 1. The lowest BCUT2D eigenvalue weighted by molar-refractivity contribution is -0.139. The van der Waals surface area contributed by atoms with Crippen molar-refractivity contribution in [3.63, 3.8) is 0 Å². The lowest BCUT2D eigenvalue weighted by atomic mass is 10.0. The van der Waals surface area contributed by atoms with Crippen LogP contribution in [0.3, 0.4) is 0 Å². The van der Waals surface area contributed by atoms with Gasteiger partial charge in [0.15, 0.2) is 0 Å². The van der Waals surface area contributed by atoms with E-state index < -0.39 is 6.04 Å². The molecular formula is C20H29N3O3. The molecule has 0 aromatic heterocycles. The fourth-order valence-electron chi connectivity index (χ4n) is 4.04. The average molecular weight is 359 g/mol. The van der Waals surface area contributed by atoms with Crippen LogP contribution < -0.4 is 5.32 Å². The Hall–Kier alpha value is -2.08. The van der Waals surface area contributed by atoms with E-state index >= 15 is 0 Å². The summed E-state index contributed by atoms with van der Waals surface area (Å²) in [5, 5.41) is 12.4. The molecule has 0 spiro atoms. The summed E-state index contributed by atoms with van der Waals surface area (Å²) in [4.78, 5) is 29.2. The number of likely N-dealkylation sites (N-methyl/N-ethyl adjacent to an activating group) is 1. The van der Waals surface area contributed by atoms with Crippen molar-refractivity contribution in [3.8, 4) is 5.75 Å². The zero-order valence-corrected chi connectivity index (χ0v) is 15.5. The molecule has 2 atom stereocenters. The molecule has 1 aromatic rings. The normalized spacial score (nSPS) is 23.7. The Bertz CT molecular complexity index is 632. The summed E-state index contributed by atoms with van der Waals surface area (Å²) in [5.74, 6) is 0.198. The molecule has 1 unspecified atom stereocenters. The van der Waals surface area contributed by atoms with Crippen LogP contribution in [0.15, 0.2) is 24.3 Å². The number of likely N-dealkylation sites (tertiary alicyclic amines) is 1. The van der Waals surface area contributed by atoms with Crippen LogP contribution in [0, 0.1) is 0 Å². The SMILES string of the molecule is CCN1CCCC1CN(Cc1ccc(O)cc1)C(=O)[C@H]1CCCC(=O)N1. The predicted octanol–water partition coefficient (Wildman–Crippen LogP) is 1.87. The van der Waals surface area contributed by atoms with Gasteiger partial charge in [0.1, 0.15) is 11.8 Å². The number of aromatic hydroxyl groups is 1. The fraction of sp³-hybridized carbons (Fsp3) is 0.600. The van der Waals surface area contributed by atoms with E-state index in [-0.39, 0.29) is 17.6 Å². The highest BCUT2D eigenvalue weighted by Crippen LogP contribution is 2.21. The van der Waals surface area contributed by atoms with E-state index in [2.05, 4.69) is 17.1 Å². The molecule has 2 amide bonds. The van der Waals surface area contributed by atoms with E-state index in [4.69, 9.17) is 0 Å². The largest absolute Gasteiger partial charge is 0.508 e. The van der Waals surface area contributed by atoms with E-state index in [9.17, 15) is 14.7 Å². The topological polar surface area (TPSA) is 72.9 Å². The number of nitrogens with zero attached hydrogens (tertiary/aromatic N) is 2. The minimum absolute atomic E-state index is 0.00841. The highest BCUT2D eigenvalue weighted by Gasteiger charge is 2.32. The molecule has 0 saturated carbocycles. The van der Waals surface area contributed by atoms with Crippen LogP contribution in [-0.2, 0) is 16.1 Å². The minimum Gasteiger partial charge on any atom is -0.508 e. The molecule has 1 aromatic carbocycles. The fourth-order valence-corrected chi connectivity index (χ4v) is 4.04. The van der Waals surface area contributed by atoms with Crippen molar-refractivity contribution in [2.24, 2.45) is 0 Å². The maximum atomic E-state index is 13.1. The molecule has 6 nitrogen and oxygen atoms in total. The highest BCUT2D eigenvalue weighted by atomic mass is 16.3. The van der Waals surface area contributed by atoms with Crippen LogP contribution >= 0.6 is 0 Å². The van der Waals surface area contributed by atoms with Crippen molar-refractivity contribution in [3.05, 3.63) is 29.8 Å². The third-order valence-electron chi connectivity index (χ3n) is 5.49. The monoisotopic (exact) mass is 359 g/mol. The smallest absolute Gasteiger partial charge is 0.245 e. The summed E-state index contributed by atoms with van der Waals surface area (Å²) >= 11 is 0. The van der Waals surface area contributed by atoms with E-state index in [1.807, 2.05) is 17.0 Å². The maximum absolute atomic E-state index is 13.1. The van der Waals surface area contributed by atoms with E-state index in [1.165, 1.54) is 6.42 Å². The number of hydrogen-bond acceptors (Lipinski definition) is 4. The van der Waals surface area contributed by atoms with Crippen LogP contribution in [0.5, 0.6) is 5.75 Å². The van der Waals surface area contributed by atoms with Gasteiger partial charge in [-0.25, -0.2) is 0 Å². The Morgan fingerprint density at radius 1 is 1.27 bits per heavy atom. The second kappa shape index (κ2) is 8.54. The van der Waals surface area contributed by atoms with E-state index in [0.717, 1.165) is 31.5 Å². The van der Waals surface area contributed by atoms with Gasteiger partial charge in [0.25, 0.3) is 0 Å². The highest BCUT2D eigenvalue weighted by molar-refractivity contribution is 5.88. The van der Waals surface area contributed by atoms with E-state index in [0.29, 0.717) is 32.0 Å². The maximum Gasteiger partial charge on any atom is 0.245 e. The van der Waals surface area contributed by atoms with Gasteiger partial charge in [-0.15, -0.1) is 0 Å². The molecule has 2 saturated heterocycles. The number of carbonyl (C=O) groups excluding carboxylic acids is 2. The van der Waals surface area contributed by atoms with Gasteiger partial charge in [0, 0.05) is 25.6 Å². The Morgan fingerprint density at radius 3 is 2.73 bits per heavy atom. The molecular weight excluding hydrogens is 330 g/mol. The van der Waals surface area contributed by atoms with Gasteiger partial charge in [0.2, 0.25) is 11.8 Å². The van der Waals surface area contributed by atoms with Crippen molar-refractivity contribution in [2.45, 2.75) is 57.7 Å². The second-order valence-electron chi connectivity index (χ2n) is 7.32. The summed E-state index contributed by atoms with van der Waals surface area (Å²) in [6.45, 7) is 5.42. The molecule has 26 heavy (non-hydrogen) atoms. The van der Waals surface area contributed by atoms with Gasteiger partial charge < -0.3 is 15.3 Å². The van der Waals surface area contributed by atoms with Gasteiger partial charge in [-0.05, 0) is 56.5 Å². The number of amides is 2. The third-order valence-corrected chi connectivity index (χ3v) is 5.49. The number of phenolic OH excluding ortho intramolecular Hbond substituents is 1. The summed E-state index contributed by atoms with van der Waals surface area (Å²) in [6, 6.07) is 6.95. The summed E-state index contributed by atoms with van der Waals surface area (Å²) in [6.07, 6.45) is 4.25. The lowest BCUT2D eigenvalue weighted by Crippen LogP contribution is -2.52. The molecule has 2 heterocycles. The van der Waals surface area contributed by atoms with Gasteiger partial charge in [-0.1, -0.05) is 19.1 Å². The number of piperidine rings is 1. The molecule has 2 N–H and O–H groups in total. The Labute approximate surface area is 155 Å². The first-order valence-corrected chi connectivity index (χ1v) is 9.67. The Balaban J connectivity index is 1.74. The lowest BCUT2D eigenvalue weighted by Gasteiger charge is -2.34. The molecule has 2 aliphatic rings.